The summed E-state index contributed by atoms with van der Waals surface area (Å²) in [7, 11) is 1.97. The summed E-state index contributed by atoms with van der Waals surface area (Å²) in [5.74, 6) is 0.230. The van der Waals surface area contributed by atoms with E-state index in [-0.39, 0.29) is 5.92 Å². The highest BCUT2D eigenvalue weighted by molar-refractivity contribution is 9.10. The molecule has 0 saturated heterocycles. The number of nitrogens with two attached hydrogens (primary N) is 1. The molecule has 0 aliphatic heterocycles. The quantitative estimate of drug-likeness (QED) is 0.811. The van der Waals surface area contributed by atoms with Crippen LogP contribution in [-0.4, -0.2) is 32.8 Å². The molecule has 2 N–H and O–H groups in total. The fourth-order valence-electron chi connectivity index (χ4n) is 1.85. The molecule has 0 amide bonds. The molecular formula is C12H21BrN4S. The van der Waals surface area contributed by atoms with Crippen molar-refractivity contribution in [2.24, 2.45) is 18.7 Å². The average molecular weight is 333 g/mol. The molecule has 0 aromatic carbocycles. The molecule has 18 heavy (non-hydrogen) atoms. The lowest BCUT2D eigenvalue weighted by molar-refractivity contribution is 0.257. The zero-order chi connectivity index (χ0) is 13.9. The smallest absolute Gasteiger partial charge is 0.0768 e. The first-order valence-electron chi connectivity index (χ1n) is 6.06. The van der Waals surface area contributed by atoms with Gasteiger partial charge in [0.25, 0.3) is 0 Å². The normalized spacial score (nSPS) is 13.0. The molecule has 1 unspecified atom stereocenters. The molecule has 0 saturated carbocycles. The lowest BCUT2D eigenvalue weighted by atomic mass is 10.1. The van der Waals surface area contributed by atoms with Crippen LogP contribution in [-0.2, 0) is 13.6 Å². The molecule has 0 aliphatic rings. The Labute approximate surface area is 123 Å². The van der Waals surface area contributed by atoms with Gasteiger partial charge in [0, 0.05) is 26.1 Å². The second-order valence-corrected chi connectivity index (χ2v) is 5.87. The van der Waals surface area contributed by atoms with Gasteiger partial charge in [0.1, 0.15) is 0 Å². The number of nitrogens with zero attached hydrogens (tertiary/aromatic N) is 3. The van der Waals surface area contributed by atoms with Gasteiger partial charge in [0.05, 0.1) is 20.8 Å². The highest BCUT2D eigenvalue weighted by atomic mass is 79.9. The highest BCUT2D eigenvalue weighted by Crippen LogP contribution is 2.21. The van der Waals surface area contributed by atoms with E-state index in [1.165, 1.54) is 5.69 Å². The van der Waals surface area contributed by atoms with Crippen molar-refractivity contribution in [3.8, 4) is 0 Å². The van der Waals surface area contributed by atoms with Gasteiger partial charge in [-0.3, -0.25) is 9.58 Å². The lowest BCUT2D eigenvalue weighted by Gasteiger charge is -2.24. The van der Waals surface area contributed by atoms with Gasteiger partial charge in [-0.05, 0) is 29.4 Å². The van der Waals surface area contributed by atoms with E-state index in [1.54, 1.807) is 0 Å². The maximum absolute atomic E-state index is 5.67. The van der Waals surface area contributed by atoms with Crippen molar-refractivity contribution in [2.75, 3.05) is 13.1 Å². The van der Waals surface area contributed by atoms with Crippen molar-refractivity contribution < 1.29 is 0 Å². The molecule has 1 atom stereocenters. The Morgan fingerprint density at radius 3 is 2.61 bits per heavy atom. The van der Waals surface area contributed by atoms with Gasteiger partial charge in [0.2, 0.25) is 0 Å². The summed E-state index contributed by atoms with van der Waals surface area (Å²) < 4.78 is 3.01. The summed E-state index contributed by atoms with van der Waals surface area (Å²) in [6.45, 7) is 8.90. The van der Waals surface area contributed by atoms with E-state index in [1.807, 2.05) is 18.7 Å². The summed E-state index contributed by atoms with van der Waals surface area (Å²) in [5, 5.41) is 4.40. The van der Waals surface area contributed by atoms with Crippen LogP contribution in [0.4, 0.5) is 0 Å². The van der Waals surface area contributed by atoms with E-state index in [2.05, 4.69) is 39.8 Å². The van der Waals surface area contributed by atoms with Crippen LogP contribution in [0.5, 0.6) is 0 Å². The largest absolute Gasteiger partial charge is 0.393 e. The van der Waals surface area contributed by atoms with E-state index in [0.717, 1.165) is 29.8 Å². The third-order valence-electron chi connectivity index (χ3n) is 3.10. The van der Waals surface area contributed by atoms with Crippen LogP contribution in [0.1, 0.15) is 25.2 Å². The number of thiocarbonyl (C=S) groups is 1. The van der Waals surface area contributed by atoms with Crippen molar-refractivity contribution in [1.82, 2.24) is 14.7 Å². The number of hydrogen-bond donors (Lipinski definition) is 1. The molecule has 0 fully saturated rings. The van der Waals surface area contributed by atoms with E-state index in [4.69, 9.17) is 18.0 Å². The molecule has 1 aromatic rings. The van der Waals surface area contributed by atoms with Gasteiger partial charge in [-0.25, -0.2) is 0 Å². The second-order valence-electron chi connectivity index (χ2n) is 4.60. The van der Waals surface area contributed by atoms with Crippen LogP contribution in [0, 0.1) is 12.8 Å². The molecule has 4 nitrogen and oxygen atoms in total. The predicted octanol–water partition coefficient (Wildman–Crippen LogP) is 2.24. The van der Waals surface area contributed by atoms with Crippen molar-refractivity contribution in [1.29, 1.82) is 0 Å². The minimum absolute atomic E-state index is 0.230. The highest BCUT2D eigenvalue weighted by Gasteiger charge is 2.16. The first kappa shape index (κ1) is 15.6. The maximum Gasteiger partial charge on any atom is 0.0768 e. The van der Waals surface area contributed by atoms with Crippen LogP contribution < -0.4 is 5.73 Å². The molecule has 1 rings (SSSR count). The van der Waals surface area contributed by atoms with Crippen LogP contribution in [0.3, 0.4) is 0 Å². The molecular weight excluding hydrogens is 312 g/mol. The van der Waals surface area contributed by atoms with Gasteiger partial charge in [-0.1, -0.05) is 26.1 Å². The number of aryl methyl sites for hydroxylation is 2. The second kappa shape index (κ2) is 6.63. The van der Waals surface area contributed by atoms with Gasteiger partial charge in [0.15, 0.2) is 0 Å². The Kier molecular flexibility index (Phi) is 5.75. The number of rotatable bonds is 6. The minimum atomic E-state index is 0.230. The zero-order valence-corrected chi connectivity index (χ0v) is 13.8. The summed E-state index contributed by atoms with van der Waals surface area (Å²) in [6, 6.07) is 0. The average Bonchev–Trinajstić information content (AvgIpc) is 2.54. The SMILES string of the molecule is CCN(Cc1c(Br)c(C)nn1C)CC(C)C(N)=S. The van der Waals surface area contributed by atoms with Crippen molar-refractivity contribution >= 4 is 33.1 Å². The predicted molar refractivity (Wildman–Crippen MR) is 82.5 cm³/mol. The summed E-state index contributed by atoms with van der Waals surface area (Å²) in [5.41, 5.74) is 7.88. The van der Waals surface area contributed by atoms with Gasteiger partial charge in [-0.2, -0.15) is 5.10 Å². The van der Waals surface area contributed by atoms with Crippen LogP contribution in [0.2, 0.25) is 0 Å². The third-order valence-corrected chi connectivity index (χ3v) is 4.53. The molecule has 102 valence electrons. The van der Waals surface area contributed by atoms with Crippen LogP contribution in [0.15, 0.2) is 4.47 Å². The first-order chi connectivity index (χ1) is 8.36. The van der Waals surface area contributed by atoms with Crippen molar-refractivity contribution in [2.45, 2.75) is 27.3 Å². The monoisotopic (exact) mass is 332 g/mol. The van der Waals surface area contributed by atoms with Crippen molar-refractivity contribution in [3.63, 3.8) is 0 Å². The molecule has 0 spiro atoms. The fraction of sp³-hybridized carbons (Fsp3) is 0.667. The summed E-state index contributed by atoms with van der Waals surface area (Å²) in [4.78, 5) is 2.90. The summed E-state index contributed by atoms with van der Waals surface area (Å²) >= 11 is 8.62. The van der Waals surface area contributed by atoms with E-state index >= 15 is 0 Å². The Bertz CT molecular complexity index is 430. The molecule has 0 aliphatic carbocycles. The van der Waals surface area contributed by atoms with Gasteiger partial charge in [-0.15, -0.1) is 0 Å². The molecule has 1 aromatic heterocycles. The Morgan fingerprint density at radius 1 is 1.61 bits per heavy atom. The standard InChI is InChI=1S/C12H21BrN4S/c1-5-17(6-8(2)12(14)18)7-10-11(13)9(3)15-16(10)4/h8H,5-7H2,1-4H3,(H2,14,18). The van der Waals surface area contributed by atoms with E-state index < -0.39 is 0 Å². The minimum Gasteiger partial charge on any atom is -0.393 e. The molecule has 1 heterocycles. The van der Waals surface area contributed by atoms with Gasteiger partial charge < -0.3 is 5.73 Å². The number of hydrogen-bond acceptors (Lipinski definition) is 3. The first-order valence-corrected chi connectivity index (χ1v) is 7.26. The topological polar surface area (TPSA) is 47.1 Å². The van der Waals surface area contributed by atoms with E-state index in [0.29, 0.717) is 4.99 Å². The number of halogens is 1. The van der Waals surface area contributed by atoms with Crippen LogP contribution >= 0.6 is 28.1 Å². The molecule has 6 heteroatoms. The maximum atomic E-state index is 5.67. The summed E-state index contributed by atoms with van der Waals surface area (Å²) in [6.07, 6.45) is 0. The Balaban J connectivity index is 2.77. The number of aromatic nitrogens is 2. The zero-order valence-electron chi connectivity index (χ0n) is 11.4. The third kappa shape index (κ3) is 3.76. The molecule has 0 radical (unpaired) electrons. The van der Waals surface area contributed by atoms with Gasteiger partial charge >= 0.3 is 0 Å². The van der Waals surface area contributed by atoms with Crippen LogP contribution in [0.25, 0.3) is 0 Å². The molecule has 0 bridgehead atoms. The van der Waals surface area contributed by atoms with E-state index in [9.17, 15) is 0 Å². The van der Waals surface area contributed by atoms with Crippen molar-refractivity contribution in [3.05, 3.63) is 15.9 Å². The Morgan fingerprint density at radius 2 is 2.22 bits per heavy atom. The Hall–Kier alpha value is -0.460. The fourth-order valence-corrected chi connectivity index (χ4v) is 2.38. The lowest BCUT2D eigenvalue weighted by Crippen LogP contribution is -2.34.